The monoisotopic (exact) mass is 189 g/mol. The molecule has 0 aliphatic rings. The van der Waals surface area contributed by atoms with Crippen LogP contribution in [-0.4, -0.2) is 15.3 Å². The lowest BCUT2D eigenvalue weighted by molar-refractivity contribution is 0.0994. The molecule has 2 aromatic rings. The van der Waals surface area contributed by atoms with E-state index in [2.05, 4.69) is 4.98 Å². The van der Waals surface area contributed by atoms with Crippen molar-refractivity contribution in [2.75, 3.05) is 0 Å². The summed E-state index contributed by atoms with van der Waals surface area (Å²) < 4.78 is 1.71. The summed E-state index contributed by atoms with van der Waals surface area (Å²) in [5.41, 5.74) is 8.26. The zero-order chi connectivity index (χ0) is 10.3. The number of nitrogens with zero attached hydrogens (tertiary/aromatic N) is 2. The van der Waals surface area contributed by atoms with Gasteiger partial charge in [-0.2, -0.15) is 0 Å². The van der Waals surface area contributed by atoms with E-state index in [0.717, 1.165) is 11.2 Å². The van der Waals surface area contributed by atoms with Crippen molar-refractivity contribution in [3.05, 3.63) is 35.3 Å². The van der Waals surface area contributed by atoms with Crippen molar-refractivity contribution in [1.82, 2.24) is 9.38 Å². The summed E-state index contributed by atoms with van der Waals surface area (Å²) in [6.45, 7) is 3.76. The molecule has 0 bridgehead atoms. The first-order valence-corrected chi connectivity index (χ1v) is 4.34. The number of hydrogen-bond acceptors (Lipinski definition) is 2. The fourth-order valence-corrected chi connectivity index (χ4v) is 1.56. The highest BCUT2D eigenvalue weighted by Crippen LogP contribution is 2.12. The minimum absolute atomic E-state index is 0.446. The predicted molar refractivity (Wildman–Crippen MR) is 53.2 cm³/mol. The van der Waals surface area contributed by atoms with E-state index in [9.17, 15) is 4.79 Å². The minimum Gasteiger partial charge on any atom is -0.364 e. The molecule has 4 nitrogen and oxygen atoms in total. The molecule has 0 aliphatic carbocycles. The van der Waals surface area contributed by atoms with Crippen molar-refractivity contribution in [1.29, 1.82) is 0 Å². The number of carbonyl (C=O) groups excluding carboxylic acids is 1. The van der Waals surface area contributed by atoms with Crippen LogP contribution in [0.3, 0.4) is 0 Å². The summed E-state index contributed by atoms with van der Waals surface area (Å²) in [6.07, 6.45) is 1.81. The van der Waals surface area contributed by atoms with Crippen LogP contribution >= 0.6 is 0 Å². The lowest BCUT2D eigenvalue weighted by atomic mass is 10.3. The Bertz CT molecular complexity index is 513. The van der Waals surface area contributed by atoms with Crippen LogP contribution in [0.2, 0.25) is 0 Å². The molecule has 14 heavy (non-hydrogen) atoms. The van der Waals surface area contributed by atoms with E-state index in [-0.39, 0.29) is 0 Å². The number of fused-ring (bicyclic) bond motifs is 1. The second-order valence-electron chi connectivity index (χ2n) is 3.34. The van der Waals surface area contributed by atoms with Crippen LogP contribution < -0.4 is 5.73 Å². The van der Waals surface area contributed by atoms with E-state index < -0.39 is 5.91 Å². The van der Waals surface area contributed by atoms with Crippen LogP contribution in [0.4, 0.5) is 0 Å². The SMILES string of the molecule is Cc1ccn2c(C(N)=O)c(C)nc2c1. The third-order valence-corrected chi connectivity index (χ3v) is 2.19. The fourth-order valence-electron chi connectivity index (χ4n) is 1.56. The summed E-state index contributed by atoms with van der Waals surface area (Å²) >= 11 is 0. The number of aromatic nitrogens is 2. The molecule has 0 fully saturated rings. The van der Waals surface area contributed by atoms with Crippen LogP contribution in [0.5, 0.6) is 0 Å². The molecule has 0 saturated carbocycles. The highest BCUT2D eigenvalue weighted by molar-refractivity contribution is 5.93. The topological polar surface area (TPSA) is 60.4 Å². The van der Waals surface area contributed by atoms with Gasteiger partial charge in [0.05, 0.1) is 5.69 Å². The average molecular weight is 189 g/mol. The second kappa shape index (κ2) is 2.83. The number of imidazole rings is 1. The molecule has 0 saturated heterocycles. The van der Waals surface area contributed by atoms with Crippen molar-refractivity contribution >= 4 is 11.6 Å². The number of amides is 1. The molecule has 2 rings (SSSR count). The van der Waals surface area contributed by atoms with Crippen LogP contribution in [-0.2, 0) is 0 Å². The van der Waals surface area contributed by atoms with Gasteiger partial charge in [0.15, 0.2) is 0 Å². The molecule has 2 N–H and O–H groups in total. The smallest absolute Gasteiger partial charge is 0.267 e. The average Bonchev–Trinajstić information content (AvgIpc) is 2.39. The van der Waals surface area contributed by atoms with E-state index in [0.29, 0.717) is 11.4 Å². The van der Waals surface area contributed by atoms with Crippen LogP contribution in [0.1, 0.15) is 21.7 Å². The summed E-state index contributed by atoms with van der Waals surface area (Å²) in [5.74, 6) is -0.446. The van der Waals surface area contributed by atoms with E-state index in [4.69, 9.17) is 5.73 Å². The highest BCUT2D eigenvalue weighted by Gasteiger charge is 2.12. The second-order valence-corrected chi connectivity index (χ2v) is 3.34. The summed E-state index contributed by atoms with van der Waals surface area (Å²) in [4.78, 5) is 15.4. The largest absolute Gasteiger partial charge is 0.364 e. The maximum absolute atomic E-state index is 11.1. The Balaban J connectivity index is 2.84. The molecule has 72 valence electrons. The van der Waals surface area contributed by atoms with Gasteiger partial charge in [-0.1, -0.05) is 0 Å². The Morgan fingerprint density at radius 3 is 2.86 bits per heavy atom. The number of primary amides is 1. The standard InChI is InChI=1S/C10H11N3O/c1-6-3-4-13-8(5-6)12-7(2)9(13)10(11)14/h3-5H,1-2H3,(H2,11,14). The molecule has 0 radical (unpaired) electrons. The quantitative estimate of drug-likeness (QED) is 0.728. The highest BCUT2D eigenvalue weighted by atomic mass is 16.1. The van der Waals surface area contributed by atoms with Gasteiger partial charge in [0.25, 0.3) is 5.91 Å². The van der Waals surface area contributed by atoms with Crippen molar-refractivity contribution in [2.24, 2.45) is 5.73 Å². The Morgan fingerprint density at radius 2 is 2.21 bits per heavy atom. The van der Waals surface area contributed by atoms with Crippen LogP contribution in [0.15, 0.2) is 18.3 Å². The lowest BCUT2D eigenvalue weighted by Gasteiger charge is -1.98. The maximum Gasteiger partial charge on any atom is 0.267 e. The molecule has 4 heteroatoms. The van der Waals surface area contributed by atoms with Gasteiger partial charge in [-0.05, 0) is 31.5 Å². The van der Waals surface area contributed by atoms with Gasteiger partial charge >= 0.3 is 0 Å². The van der Waals surface area contributed by atoms with E-state index >= 15 is 0 Å². The Morgan fingerprint density at radius 1 is 1.50 bits per heavy atom. The van der Waals surface area contributed by atoms with Gasteiger partial charge in [-0.15, -0.1) is 0 Å². The Hall–Kier alpha value is -1.84. The third-order valence-electron chi connectivity index (χ3n) is 2.19. The van der Waals surface area contributed by atoms with Crippen molar-refractivity contribution in [2.45, 2.75) is 13.8 Å². The number of carbonyl (C=O) groups is 1. The van der Waals surface area contributed by atoms with Gasteiger partial charge in [0.1, 0.15) is 11.3 Å². The van der Waals surface area contributed by atoms with Gasteiger partial charge in [0, 0.05) is 6.20 Å². The molecule has 0 unspecified atom stereocenters. The van der Waals surface area contributed by atoms with Gasteiger partial charge < -0.3 is 5.73 Å². The normalized spacial score (nSPS) is 10.7. The predicted octanol–water partition coefficient (Wildman–Crippen LogP) is 1.05. The molecule has 2 heterocycles. The van der Waals surface area contributed by atoms with Crippen LogP contribution in [0.25, 0.3) is 5.65 Å². The number of hydrogen-bond donors (Lipinski definition) is 1. The maximum atomic E-state index is 11.1. The third kappa shape index (κ3) is 1.16. The molecule has 0 aromatic carbocycles. The Kier molecular flexibility index (Phi) is 1.77. The van der Waals surface area contributed by atoms with Gasteiger partial charge in [-0.25, -0.2) is 4.98 Å². The van der Waals surface area contributed by atoms with E-state index in [1.807, 2.05) is 25.3 Å². The number of pyridine rings is 1. The summed E-state index contributed by atoms with van der Waals surface area (Å²) in [7, 11) is 0. The number of aryl methyl sites for hydroxylation is 2. The van der Waals surface area contributed by atoms with E-state index in [1.165, 1.54) is 0 Å². The molecule has 0 spiro atoms. The first-order chi connectivity index (χ1) is 6.59. The first-order valence-electron chi connectivity index (χ1n) is 4.34. The lowest BCUT2D eigenvalue weighted by Crippen LogP contribution is -2.14. The van der Waals surface area contributed by atoms with Crippen LogP contribution in [0, 0.1) is 13.8 Å². The zero-order valence-corrected chi connectivity index (χ0v) is 8.11. The van der Waals surface area contributed by atoms with Crippen molar-refractivity contribution in [3.63, 3.8) is 0 Å². The zero-order valence-electron chi connectivity index (χ0n) is 8.11. The molecule has 0 atom stereocenters. The van der Waals surface area contributed by atoms with E-state index in [1.54, 1.807) is 11.3 Å². The Labute approximate surface area is 81.4 Å². The summed E-state index contributed by atoms with van der Waals surface area (Å²) in [6, 6.07) is 3.83. The molecule has 2 aromatic heterocycles. The first kappa shape index (κ1) is 8.74. The summed E-state index contributed by atoms with van der Waals surface area (Å²) in [5, 5.41) is 0. The molecular weight excluding hydrogens is 178 g/mol. The minimum atomic E-state index is -0.446. The van der Waals surface area contributed by atoms with Crippen molar-refractivity contribution in [3.8, 4) is 0 Å². The number of nitrogens with two attached hydrogens (primary N) is 1. The number of rotatable bonds is 1. The van der Waals surface area contributed by atoms with Crippen molar-refractivity contribution < 1.29 is 4.79 Å². The molecule has 0 aliphatic heterocycles. The van der Waals surface area contributed by atoms with Gasteiger partial charge in [0.2, 0.25) is 0 Å². The molecule has 1 amide bonds. The molecular formula is C10H11N3O. The fraction of sp³-hybridized carbons (Fsp3) is 0.200. The van der Waals surface area contributed by atoms with Gasteiger partial charge in [-0.3, -0.25) is 9.20 Å².